The molecule has 2 saturated heterocycles. The van der Waals surface area contributed by atoms with Gasteiger partial charge < -0.3 is 30.6 Å². The Morgan fingerprint density at radius 3 is 2.16 bits per heavy atom. The summed E-state index contributed by atoms with van der Waals surface area (Å²) in [7, 11) is 0. The number of para-hydroxylation sites is 1. The van der Waals surface area contributed by atoms with Crippen molar-refractivity contribution in [3.05, 3.63) is 90.0 Å². The Morgan fingerprint density at radius 1 is 0.930 bits per heavy atom. The van der Waals surface area contributed by atoms with Crippen LogP contribution in [0.1, 0.15) is 24.0 Å². The molecule has 3 aromatic rings. The number of Topliss-reactive ketones (excluding diaryl/α,β-unsaturated/α-hetero) is 1. The monoisotopic (exact) mass is 582 g/mol. The summed E-state index contributed by atoms with van der Waals surface area (Å²) in [6, 6.07) is 21.7. The maximum absolute atomic E-state index is 14.5. The fourth-order valence-electron chi connectivity index (χ4n) is 6.58. The molecule has 43 heavy (non-hydrogen) atoms. The third-order valence-corrected chi connectivity index (χ3v) is 8.84. The number of carbonyl (C=O) groups excluding carboxylic acids is 4. The second kappa shape index (κ2) is 11.6. The standard InChI is InChI=1S/C33H34N4O6/c38-20-29(39)27(18-21-14-15-34-30(21)40)35-31(41)28-19-36(22-8-2-1-3-9-22)16-17-37(28)32(42)33(43)25-12-6-4-10-23(25)24-11-5-7-13-26(24)33/h1-13,21,27-28,38,43H,14-20H2,(H,34,40)(H,35,41)/t21-,27+,28+/m0/s1. The smallest absolute Gasteiger partial charge is 0.264 e. The molecule has 1 aliphatic carbocycles. The zero-order valence-corrected chi connectivity index (χ0v) is 23.6. The Kier molecular flexibility index (Phi) is 7.72. The zero-order valence-electron chi connectivity index (χ0n) is 23.6. The maximum atomic E-state index is 14.5. The molecule has 0 aromatic heterocycles. The van der Waals surface area contributed by atoms with Gasteiger partial charge in [0, 0.05) is 48.9 Å². The Balaban J connectivity index is 1.34. The van der Waals surface area contributed by atoms with E-state index in [-0.39, 0.29) is 25.4 Å². The van der Waals surface area contributed by atoms with Crippen molar-refractivity contribution < 1.29 is 29.4 Å². The number of fused-ring (bicyclic) bond motifs is 3. The van der Waals surface area contributed by atoms with Gasteiger partial charge in [-0.2, -0.15) is 0 Å². The number of rotatable bonds is 8. The van der Waals surface area contributed by atoms with E-state index in [1.54, 1.807) is 24.3 Å². The van der Waals surface area contributed by atoms with Crippen LogP contribution >= 0.6 is 0 Å². The first-order valence-electron chi connectivity index (χ1n) is 14.6. The van der Waals surface area contributed by atoms with Crippen molar-refractivity contribution in [1.82, 2.24) is 15.5 Å². The Hall–Kier alpha value is -4.54. The van der Waals surface area contributed by atoms with E-state index < -0.39 is 47.8 Å². The molecule has 4 N–H and O–H groups in total. The van der Waals surface area contributed by atoms with Crippen LogP contribution in [0.5, 0.6) is 0 Å². The molecule has 3 amide bonds. The summed E-state index contributed by atoms with van der Waals surface area (Å²) in [5.74, 6) is -2.51. The highest BCUT2D eigenvalue weighted by Crippen LogP contribution is 2.48. The lowest BCUT2D eigenvalue weighted by Gasteiger charge is -2.44. The van der Waals surface area contributed by atoms with Crippen molar-refractivity contribution in [2.24, 2.45) is 5.92 Å². The predicted octanol–water partition coefficient (Wildman–Crippen LogP) is 1.19. The predicted molar refractivity (Wildman–Crippen MR) is 159 cm³/mol. The van der Waals surface area contributed by atoms with Crippen LogP contribution in [-0.2, 0) is 24.8 Å². The van der Waals surface area contributed by atoms with Gasteiger partial charge in [-0.1, -0.05) is 66.7 Å². The molecule has 6 rings (SSSR count). The van der Waals surface area contributed by atoms with E-state index in [1.165, 1.54) is 4.90 Å². The Bertz CT molecular complexity index is 1510. The highest BCUT2D eigenvalue weighted by Gasteiger charge is 2.52. The van der Waals surface area contributed by atoms with Crippen molar-refractivity contribution in [1.29, 1.82) is 0 Å². The van der Waals surface area contributed by atoms with E-state index in [2.05, 4.69) is 10.6 Å². The topological polar surface area (TPSA) is 139 Å². The third kappa shape index (κ3) is 5.06. The maximum Gasteiger partial charge on any atom is 0.264 e. The summed E-state index contributed by atoms with van der Waals surface area (Å²) < 4.78 is 0. The Labute approximate surface area is 249 Å². The fourth-order valence-corrected chi connectivity index (χ4v) is 6.58. The van der Waals surface area contributed by atoms with Crippen molar-refractivity contribution in [2.75, 3.05) is 37.7 Å². The fraction of sp³-hybridized carbons (Fsp3) is 0.333. The highest BCUT2D eigenvalue weighted by atomic mass is 16.3. The van der Waals surface area contributed by atoms with Crippen molar-refractivity contribution >= 4 is 29.2 Å². The molecule has 2 heterocycles. The normalized spacial score (nSPS) is 21.0. The average molecular weight is 583 g/mol. The summed E-state index contributed by atoms with van der Waals surface area (Å²) in [6.45, 7) is 0.360. The third-order valence-electron chi connectivity index (χ3n) is 8.84. The molecule has 0 spiro atoms. The van der Waals surface area contributed by atoms with Crippen LogP contribution in [0.25, 0.3) is 11.1 Å². The number of piperazine rings is 1. The lowest BCUT2D eigenvalue weighted by molar-refractivity contribution is -0.154. The minimum absolute atomic E-state index is 0.0464. The molecular formula is C33H34N4O6. The van der Waals surface area contributed by atoms with Gasteiger partial charge in [0.05, 0.1) is 6.04 Å². The van der Waals surface area contributed by atoms with Crippen LogP contribution in [0.2, 0.25) is 0 Å². The van der Waals surface area contributed by atoms with Crippen LogP contribution < -0.4 is 15.5 Å². The first-order valence-corrected chi connectivity index (χ1v) is 14.6. The van der Waals surface area contributed by atoms with Gasteiger partial charge in [-0.15, -0.1) is 0 Å². The largest absolute Gasteiger partial charge is 0.389 e. The molecule has 10 heteroatoms. The van der Waals surface area contributed by atoms with E-state index in [1.807, 2.05) is 59.5 Å². The van der Waals surface area contributed by atoms with Gasteiger partial charge >= 0.3 is 0 Å². The number of amides is 3. The van der Waals surface area contributed by atoms with Gasteiger partial charge in [-0.3, -0.25) is 19.2 Å². The molecule has 0 saturated carbocycles. The molecule has 0 bridgehead atoms. The summed E-state index contributed by atoms with van der Waals surface area (Å²) in [4.78, 5) is 56.9. The molecular weight excluding hydrogens is 548 g/mol. The number of nitrogens with one attached hydrogen (secondary N) is 2. The van der Waals surface area contributed by atoms with Gasteiger partial charge in [0.1, 0.15) is 12.6 Å². The minimum atomic E-state index is -2.01. The molecule has 2 fully saturated rings. The molecule has 10 nitrogen and oxygen atoms in total. The van der Waals surface area contributed by atoms with Gasteiger partial charge in [-0.25, -0.2) is 0 Å². The summed E-state index contributed by atoms with van der Waals surface area (Å²) >= 11 is 0. The lowest BCUT2D eigenvalue weighted by atomic mass is 9.88. The molecule has 3 aromatic carbocycles. The molecule has 0 radical (unpaired) electrons. The van der Waals surface area contributed by atoms with Gasteiger partial charge in [0.15, 0.2) is 11.4 Å². The number of nitrogens with zero attached hydrogens (tertiary/aromatic N) is 2. The lowest BCUT2D eigenvalue weighted by Crippen LogP contribution is -2.65. The number of carbonyl (C=O) groups is 4. The molecule has 222 valence electrons. The zero-order chi connectivity index (χ0) is 30.1. The van der Waals surface area contributed by atoms with E-state index in [4.69, 9.17) is 0 Å². The second-order valence-electron chi connectivity index (χ2n) is 11.3. The van der Waals surface area contributed by atoms with Crippen LogP contribution in [0.4, 0.5) is 5.69 Å². The van der Waals surface area contributed by atoms with E-state index in [9.17, 15) is 29.4 Å². The number of aliphatic hydroxyl groups is 2. The van der Waals surface area contributed by atoms with Crippen LogP contribution in [0.15, 0.2) is 78.9 Å². The minimum Gasteiger partial charge on any atom is -0.389 e. The highest BCUT2D eigenvalue weighted by molar-refractivity contribution is 6.01. The number of hydrogen-bond donors (Lipinski definition) is 4. The van der Waals surface area contributed by atoms with Gasteiger partial charge in [0.2, 0.25) is 11.8 Å². The first-order chi connectivity index (χ1) is 20.8. The molecule has 0 unspecified atom stereocenters. The number of benzene rings is 3. The van der Waals surface area contributed by atoms with Crippen molar-refractivity contribution in [2.45, 2.75) is 30.5 Å². The number of anilines is 1. The number of hydrogen-bond acceptors (Lipinski definition) is 7. The van der Waals surface area contributed by atoms with Crippen molar-refractivity contribution in [3.63, 3.8) is 0 Å². The van der Waals surface area contributed by atoms with Gasteiger partial charge in [0.25, 0.3) is 5.91 Å². The summed E-state index contributed by atoms with van der Waals surface area (Å²) in [5.41, 5.74) is 1.26. The summed E-state index contributed by atoms with van der Waals surface area (Å²) in [6.07, 6.45) is 0.566. The number of ketones is 1. The SMILES string of the molecule is O=C1NCC[C@H]1C[C@@H](NC(=O)[C@H]1CN(c2ccccc2)CCN1C(=O)C1(O)c2ccccc2-c2ccccc21)C(=O)CO. The van der Waals surface area contributed by atoms with Crippen molar-refractivity contribution in [3.8, 4) is 11.1 Å². The molecule has 2 aliphatic heterocycles. The average Bonchev–Trinajstić information content (AvgIpc) is 3.58. The second-order valence-corrected chi connectivity index (χ2v) is 11.3. The first kappa shape index (κ1) is 28.6. The Morgan fingerprint density at radius 2 is 1.56 bits per heavy atom. The number of aliphatic hydroxyl groups excluding tert-OH is 1. The van der Waals surface area contributed by atoms with Crippen LogP contribution in [0, 0.1) is 5.92 Å². The van der Waals surface area contributed by atoms with E-state index in [0.717, 1.165) is 16.8 Å². The molecule has 3 aliphatic rings. The van der Waals surface area contributed by atoms with Gasteiger partial charge in [-0.05, 0) is 36.1 Å². The van der Waals surface area contributed by atoms with E-state index >= 15 is 0 Å². The quantitative estimate of drug-likeness (QED) is 0.313. The van der Waals surface area contributed by atoms with E-state index in [0.29, 0.717) is 30.6 Å². The van der Waals surface area contributed by atoms with Crippen LogP contribution in [0.3, 0.4) is 0 Å². The molecule has 3 atom stereocenters. The summed E-state index contributed by atoms with van der Waals surface area (Å²) in [5, 5.41) is 27.4. The van der Waals surface area contributed by atoms with Crippen LogP contribution in [-0.4, -0.2) is 83.5 Å².